The molecule has 1 rings (SSSR count). The van der Waals surface area contributed by atoms with Crippen LogP contribution in [-0.2, 0) is 17.8 Å². The molecule has 7 heteroatoms. The molecule has 1 aromatic rings. The van der Waals surface area contributed by atoms with Crippen molar-refractivity contribution in [3.63, 3.8) is 0 Å². The van der Waals surface area contributed by atoms with Crippen molar-refractivity contribution in [2.45, 2.75) is 25.9 Å². The molecule has 1 unspecified atom stereocenters. The Bertz CT molecular complexity index is 378. The number of aryl methyl sites for hydroxylation is 1. The summed E-state index contributed by atoms with van der Waals surface area (Å²) in [4.78, 5) is 14.9. The lowest BCUT2D eigenvalue weighted by molar-refractivity contribution is -0.138. The van der Waals surface area contributed by atoms with Gasteiger partial charge < -0.3 is 15.4 Å². The number of rotatable bonds is 4. The average molecular weight is 341 g/mol. The van der Waals surface area contributed by atoms with Crippen molar-refractivity contribution >= 4 is 37.8 Å². The van der Waals surface area contributed by atoms with Crippen molar-refractivity contribution in [2.75, 3.05) is 0 Å². The summed E-state index contributed by atoms with van der Waals surface area (Å²) in [6, 6.07) is -0.923. The van der Waals surface area contributed by atoms with Crippen LogP contribution in [-0.4, -0.2) is 26.7 Å². The lowest BCUT2D eigenvalue weighted by atomic mass is 10.3. The average Bonchev–Trinajstić information content (AvgIpc) is 2.45. The van der Waals surface area contributed by atoms with E-state index in [-0.39, 0.29) is 6.54 Å². The largest absolute Gasteiger partial charge is 0.480 e. The van der Waals surface area contributed by atoms with Gasteiger partial charge in [-0.3, -0.25) is 4.79 Å². The summed E-state index contributed by atoms with van der Waals surface area (Å²) in [5.41, 5.74) is 5.47. The highest BCUT2D eigenvalue weighted by atomic mass is 79.9. The van der Waals surface area contributed by atoms with Gasteiger partial charge in [-0.15, -0.1) is 0 Å². The molecule has 1 aromatic heterocycles. The van der Waals surface area contributed by atoms with Crippen molar-refractivity contribution < 1.29 is 9.90 Å². The van der Waals surface area contributed by atoms with Crippen LogP contribution in [0.1, 0.15) is 12.7 Å². The molecule has 0 spiro atoms. The van der Waals surface area contributed by atoms with E-state index in [4.69, 9.17) is 10.8 Å². The van der Waals surface area contributed by atoms with Gasteiger partial charge in [0.1, 0.15) is 21.1 Å². The van der Waals surface area contributed by atoms with Crippen molar-refractivity contribution in [3.8, 4) is 0 Å². The van der Waals surface area contributed by atoms with Gasteiger partial charge in [0.05, 0.1) is 6.54 Å². The van der Waals surface area contributed by atoms with Crippen molar-refractivity contribution in [3.05, 3.63) is 15.0 Å². The number of halogens is 2. The molecule has 5 nitrogen and oxygen atoms in total. The van der Waals surface area contributed by atoms with E-state index in [1.165, 1.54) is 0 Å². The molecule has 15 heavy (non-hydrogen) atoms. The van der Waals surface area contributed by atoms with Crippen LogP contribution in [0.15, 0.2) is 9.21 Å². The van der Waals surface area contributed by atoms with E-state index in [0.717, 1.165) is 16.8 Å². The Labute approximate surface area is 104 Å². The molecule has 0 aliphatic rings. The van der Waals surface area contributed by atoms with E-state index in [1.54, 1.807) is 4.57 Å². The zero-order valence-electron chi connectivity index (χ0n) is 8.07. The summed E-state index contributed by atoms with van der Waals surface area (Å²) in [6.07, 6.45) is 0.719. The molecule has 0 fully saturated rings. The Morgan fingerprint density at radius 2 is 2.27 bits per heavy atom. The van der Waals surface area contributed by atoms with Crippen LogP contribution in [0.3, 0.4) is 0 Å². The Hall–Kier alpha value is -0.400. The molecule has 0 aromatic carbocycles. The topological polar surface area (TPSA) is 81.1 Å². The zero-order chi connectivity index (χ0) is 11.6. The number of nitrogens with zero attached hydrogens (tertiary/aromatic N) is 2. The van der Waals surface area contributed by atoms with Gasteiger partial charge in [0.25, 0.3) is 0 Å². The first-order chi connectivity index (χ1) is 6.97. The maximum Gasteiger partial charge on any atom is 0.322 e. The lowest BCUT2D eigenvalue weighted by Gasteiger charge is -2.11. The molecule has 1 atom stereocenters. The maximum absolute atomic E-state index is 10.6. The van der Waals surface area contributed by atoms with E-state index in [1.807, 2.05) is 6.92 Å². The van der Waals surface area contributed by atoms with Crippen LogP contribution in [0, 0.1) is 0 Å². The minimum atomic E-state index is -1.02. The van der Waals surface area contributed by atoms with Gasteiger partial charge in [0.15, 0.2) is 0 Å². The molecule has 0 saturated heterocycles. The van der Waals surface area contributed by atoms with Crippen molar-refractivity contribution in [2.24, 2.45) is 5.73 Å². The molecule has 84 valence electrons. The van der Waals surface area contributed by atoms with Gasteiger partial charge >= 0.3 is 5.97 Å². The van der Waals surface area contributed by atoms with E-state index < -0.39 is 12.0 Å². The first-order valence-electron chi connectivity index (χ1n) is 4.36. The van der Waals surface area contributed by atoms with Crippen LogP contribution < -0.4 is 5.73 Å². The number of aliphatic carboxylic acids is 1. The highest BCUT2D eigenvalue weighted by molar-refractivity contribution is 9.13. The molecule has 0 saturated carbocycles. The molecular formula is C8H11Br2N3O2. The number of hydrogen-bond acceptors (Lipinski definition) is 3. The molecule has 1 heterocycles. The second-order valence-electron chi connectivity index (χ2n) is 3.02. The third-order valence-corrected chi connectivity index (χ3v) is 3.85. The monoisotopic (exact) mass is 339 g/mol. The highest BCUT2D eigenvalue weighted by Gasteiger charge is 2.18. The molecule has 0 amide bonds. The van der Waals surface area contributed by atoms with Gasteiger partial charge in [0, 0.05) is 6.42 Å². The molecule has 3 N–H and O–H groups in total. The second kappa shape index (κ2) is 5.09. The van der Waals surface area contributed by atoms with E-state index >= 15 is 0 Å². The fourth-order valence-corrected chi connectivity index (χ4v) is 2.03. The summed E-state index contributed by atoms with van der Waals surface area (Å²) < 4.78 is 3.14. The smallest absolute Gasteiger partial charge is 0.322 e. The third kappa shape index (κ3) is 2.79. The van der Waals surface area contributed by atoms with Crippen molar-refractivity contribution in [1.82, 2.24) is 9.55 Å². The number of aromatic nitrogens is 2. The SMILES string of the molecule is CCc1nc(Br)c(Br)n1CC(N)C(=O)O. The summed E-state index contributed by atoms with van der Waals surface area (Å²) in [5.74, 6) is -0.223. The minimum Gasteiger partial charge on any atom is -0.480 e. The standard InChI is InChI=1S/C8H11Br2N3O2/c1-2-5-12-6(9)7(10)13(5)3-4(11)8(14)15/h4H,2-3,11H2,1H3,(H,14,15). The summed E-state index contributed by atoms with van der Waals surface area (Å²) in [6.45, 7) is 2.15. The summed E-state index contributed by atoms with van der Waals surface area (Å²) in [5, 5.41) is 8.72. The number of hydrogen-bond donors (Lipinski definition) is 2. The molecular weight excluding hydrogens is 330 g/mol. The summed E-state index contributed by atoms with van der Waals surface area (Å²) in [7, 11) is 0. The van der Waals surface area contributed by atoms with E-state index in [2.05, 4.69) is 36.8 Å². The Morgan fingerprint density at radius 3 is 2.73 bits per heavy atom. The van der Waals surface area contributed by atoms with Gasteiger partial charge in [0.2, 0.25) is 0 Å². The molecule has 0 radical (unpaired) electrons. The predicted octanol–water partition coefficient (Wildman–Crippen LogP) is 1.38. The van der Waals surface area contributed by atoms with Gasteiger partial charge in [-0.05, 0) is 31.9 Å². The Balaban J connectivity index is 2.97. The number of carbonyl (C=O) groups is 1. The number of carboxylic acid groups (broad SMARTS) is 1. The fourth-order valence-electron chi connectivity index (χ4n) is 1.17. The van der Waals surface area contributed by atoms with Crippen LogP contribution in [0.4, 0.5) is 0 Å². The first-order valence-corrected chi connectivity index (χ1v) is 5.94. The number of carboxylic acids is 1. The zero-order valence-corrected chi connectivity index (χ0v) is 11.2. The van der Waals surface area contributed by atoms with Crippen molar-refractivity contribution in [1.29, 1.82) is 0 Å². The number of nitrogens with two attached hydrogens (primary N) is 1. The fraction of sp³-hybridized carbons (Fsp3) is 0.500. The van der Waals surface area contributed by atoms with Gasteiger partial charge in [-0.25, -0.2) is 4.98 Å². The Kier molecular flexibility index (Phi) is 4.30. The number of imidazole rings is 1. The molecule has 0 aliphatic carbocycles. The first kappa shape index (κ1) is 12.7. The Morgan fingerprint density at radius 1 is 1.67 bits per heavy atom. The van der Waals surface area contributed by atoms with Gasteiger partial charge in [-0.2, -0.15) is 0 Å². The second-order valence-corrected chi connectivity index (χ2v) is 4.52. The van der Waals surface area contributed by atoms with E-state index in [9.17, 15) is 4.79 Å². The van der Waals surface area contributed by atoms with Crippen LogP contribution >= 0.6 is 31.9 Å². The normalized spacial score (nSPS) is 12.8. The maximum atomic E-state index is 10.6. The molecule has 0 bridgehead atoms. The van der Waals surface area contributed by atoms with Gasteiger partial charge in [-0.1, -0.05) is 6.92 Å². The third-order valence-electron chi connectivity index (χ3n) is 1.96. The van der Waals surface area contributed by atoms with Crippen LogP contribution in [0.5, 0.6) is 0 Å². The minimum absolute atomic E-state index is 0.206. The van der Waals surface area contributed by atoms with Crippen LogP contribution in [0.25, 0.3) is 0 Å². The molecule has 0 aliphatic heterocycles. The van der Waals surface area contributed by atoms with Crippen LogP contribution in [0.2, 0.25) is 0 Å². The summed E-state index contributed by atoms with van der Waals surface area (Å²) >= 11 is 6.59. The quantitative estimate of drug-likeness (QED) is 0.867. The van der Waals surface area contributed by atoms with E-state index in [0.29, 0.717) is 4.60 Å². The lowest BCUT2D eigenvalue weighted by Crippen LogP contribution is -2.35. The predicted molar refractivity (Wildman–Crippen MR) is 62.6 cm³/mol. The highest BCUT2D eigenvalue weighted by Crippen LogP contribution is 2.24.